The average Bonchev–Trinajstić information content (AvgIpc) is 2.89. The van der Waals surface area contributed by atoms with Crippen molar-refractivity contribution in [2.75, 3.05) is 11.9 Å². The number of esters is 1. The molecule has 0 radical (unpaired) electrons. The van der Waals surface area contributed by atoms with Crippen LogP contribution in [0.4, 0.5) is 15.2 Å². The topological polar surface area (TPSA) is 51.2 Å². The fourth-order valence-corrected chi connectivity index (χ4v) is 2.54. The molecule has 2 aromatic rings. The highest BCUT2D eigenvalue weighted by atomic mass is 32.1. The molecule has 0 aliphatic rings. The number of thiazole rings is 1. The van der Waals surface area contributed by atoms with Crippen molar-refractivity contribution >= 4 is 28.1 Å². The number of carbonyl (C=O) groups excluding carboxylic acids is 1. The molecule has 0 aliphatic heterocycles. The van der Waals surface area contributed by atoms with Gasteiger partial charge in [0.25, 0.3) is 0 Å². The molecule has 0 saturated heterocycles. The predicted molar refractivity (Wildman–Crippen MR) is 81.5 cm³/mol. The first-order chi connectivity index (χ1) is 10.1. The number of rotatable bonds is 6. The van der Waals surface area contributed by atoms with Crippen LogP contribution in [0.15, 0.2) is 23.6 Å². The molecule has 0 spiro atoms. The molecular weight excluding hydrogens is 291 g/mol. The fraction of sp³-hybridized carbons (Fsp3) is 0.333. The van der Waals surface area contributed by atoms with E-state index in [0.29, 0.717) is 30.3 Å². The Morgan fingerprint density at radius 2 is 2.29 bits per heavy atom. The van der Waals surface area contributed by atoms with E-state index in [2.05, 4.69) is 10.3 Å². The summed E-state index contributed by atoms with van der Waals surface area (Å²) in [6.45, 7) is 4.07. The molecule has 2 rings (SSSR count). The van der Waals surface area contributed by atoms with E-state index < -0.39 is 0 Å². The summed E-state index contributed by atoms with van der Waals surface area (Å²) < 4.78 is 18.1. The van der Waals surface area contributed by atoms with Gasteiger partial charge in [-0.3, -0.25) is 4.79 Å². The standard InChI is InChI=1S/C15H17FN2O2S/c1-3-20-14(19)7-6-12-9-21-15(17-12)18-13-8-11(16)5-4-10(13)2/h4-5,8-9H,3,6-7H2,1-2H3,(H,17,18). The van der Waals surface area contributed by atoms with E-state index in [4.69, 9.17) is 4.74 Å². The lowest BCUT2D eigenvalue weighted by Gasteiger charge is -2.06. The number of hydrogen-bond donors (Lipinski definition) is 1. The maximum atomic E-state index is 13.2. The number of aryl methyl sites for hydroxylation is 2. The third-order valence-electron chi connectivity index (χ3n) is 2.88. The van der Waals surface area contributed by atoms with Gasteiger partial charge in [0.05, 0.1) is 18.7 Å². The van der Waals surface area contributed by atoms with E-state index in [-0.39, 0.29) is 11.8 Å². The SMILES string of the molecule is CCOC(=O)CCc1csc(Nc2cc(F)ccc2C)n1. The molecule has 1 heterocycles. The smallest absolute Gasteiger partial charge is 0.306 e. The van der Waals surface area contributed by atoms with Gasteiger partial charge >= 0.3 is 5.97 Å². The molecule has 0 aliphatic carbocycles. The number of aromatic nitrogens is 1. The summed E-state index contributed by atoms with van der Waals surface area (Å²) in [5.41, 5.74) is 2.46. The van der Waals surface area contributed by atoms with Crippen LogP contribution in [0.25, 0.3) is 0 Å². The summed E-state index contributed by atoms with van der Waals surface area (Å²) in [7, 11) is 0. The van der Waals surface area contributed by atoms with Gasteiger partial charge in [-0.2, -0.15) is 0 Å². The Labute approximate surface area is 127 Å². The van der Waals surface area contributed by atoms with Crippen LogP contribution >= 0.6 is 11.3 Å². The fourth-order valence-electron chi connectivity index (χ4n) is 1.79. The predicted octanol–water partition coefficient (Wildman–Crippen LogP) is 3.83. The first kappa shape index (κ1) is 15.4. The molecule has 0 saturated carbocycles. The highest BCUT2D eigenvalue weighted by molar-refractivity contribution is 7.13. The number of hydrogen-bond acceptors (Lipinski definition) is 5. The minimum Gasteiger partial charge on any atom is -0.466 e. The van der Waals surface area contributed by atoms with Gasteiger partial charge in [-0.05, 0) is 31.5 Å². The van der Waals surface area contributed by atoms with E-state index in [1.807, 2.05) is 12.3 Å². The van der Waals surface area contributed by atoms with Crippen molar-refractivity contribution < 1.29 is 13.9 Å². The summed E-state index contributed by atoms with van der Waals surface area (Å²) >= 11 is 1.43. The number of ether oxygens (including phenoxy) is 1. The zero-order valence-corrected chi connectivity index (χ0v) is 12.8. The first-order valence-electron chi connectivity index (χ1n) is 6.71. The second-order valence-corrected chi connectivity index (χ2v) is 5.39. The van der Waals surface area contributed by atoms with Crippen molar-refractivity contribution in [1.29, 1.82) is 0 Å². The van der Waals surface area contributed by atoms with E-state index in [1.165, 1.54) is 23.5 Å². The highest BCUT2D eigenvalue weighted by Gasteiger charge is 2.08. The summed E-state index contributed by atoms with van der Waals surface area (Å²) in [5, 5.41) is 5.67. The summed E-state index contributed by atoms with van der Waals surface area (Å²) in [6, 6.07) is 4.58. The number of nitrogens with zero attached hydrogens (tertiary/aromatic N) is 1. The Morgan fingerprint density at radius 1 is 1.48 bits per heavy atom. The van der Waals surface area contributed by atoms with Crippen LogP contribution in [0.2, 0.25) is 0 Å². The van der Waals surface area contributed by atoms with Gasteiger partial charge < -0.3 is 10.1 Å². The zero-order valence-electron chi connectivity index (χ0n) is 12.0. The molecule has 0 unspecified atom stereocenters. The highest BCUT2D eigenvalue weighted by Crippen LogP contribution is 2.24. The molecule has 112 valence electrons. The molecule has 0 amide bonds. The quantitative estimate of drug-likeness (QED) is 0.824. The molecule has 21 heavy (non-hydrogen) atoms. The van der Waals surface area contributed by atoms with Gasteiger partial charge in [-0.1, -0.05) is 6.07 Å². The van der Waals surface area contributed by atoms with Gasteiger partial charge in [0, 0.05) is 17.5 Å². The lowest BCUT2D eigenvalue weighted by Crippen LogP contribution is -2.05. The molecule has 0 fully saturated rings. The van der Waals surface area contributed by atoms with Crippen LogP contribution < -0.4 is 5.32 Å². The minimum atomic E-state index is -0.290. The zero-order chi connectivity index (χ0) is 15.2. The van der Waals surface area contributed by atoms with Crippen LogP contribution in [0.3, 0.4) is 0 Å². The first-order valence-corrected chi connectivity index (χ1v) is 7.59. The van der Waals surface area contributed by atoms with E-state index >= 15 is 0 Å². The lowest BCUT2D eigenvalue weighted by molar-refractivity contribution is -0.143. The molecule has 4 nitrogen and oxygen atoms in total. The van der Waals surface area contributed by atoms with Crippen molar-refractivity contribution in [2.24, 2.45) is 0 Å². The molecule has 0 atom stereocenters. The Kier molecular flexibility index (Phi) is 5.27. The monoisotopic (exact) mass is 308 g/mol. The van der Waals surface area contributed by atoms with Crippen LogP contribution in [0.5, 0.6) is 0 Å². The number of halogens is 1. The van der Waals surface area contributed by atoms with Crippen LogP contribution in [-0.4, -0.2) is 17.6 Å². The Morgan fingerprint density at radius 3 is 3.05 bits per heavy atom. The minimum absolute atomic E-state index is 0.221. The Bertz CT molecular complexity index is 628. The Balaban J connectivity index is 1.97. The number of nitrogens with one attached hydrogen (secondary N) is 1. The second kappa shape index (κ2) is 7.17. The molecule has 1 N–H and O–H groups in total. The lowest BCUT2D eigenvalue weighted by atomic mass is 10.2. The maximum absolute atomic E-state index is 13.2. The molecular formula is C15H17FN2O2S. The third kappa shape index (κ3) is 4.53. The third-order valence-corrected chi connectivity index (χ3v) is 3.69. The van der Waals surface area contributed by atoms with Gasteiger partial charge in [0.2, 0.25) is 0 Å². The molecule has 6 heteroatoms. The van der Waals surface area contributed by atoms with Crippen molar-refractivity contribution in [3.8, 4) is 0 Å². The van der Waals surface area contributed by atoms with Gasteiger partial charge in [0.1, 0.15) is 5.82 Å². The molecule has 1 aromatic heterocycles. The van der Waals surface area contributed by atoms with E-state index in [9.17, 15) is 9.18 Å². The number of carbonyl (C=O) groups is 1. The second-order valence-electron chi connectivity index (χ2n) is 4.53. The maximum Gasteiger partial charge on any atom is 0.306 e. The van der Waals surface area contributed by atoms with Crippen LogP contribution in [-0.2, 0) is 16.0 Å². The largest absolute Gasteiger partial charge is 0.466 e. The van der Waals surface area contributed by atoms with Gasteiger partial charge in [-0.15, -0.1) is 11.3 Å². The van der Waals surface area contributed by atoms with E-state index in [1.54, 1.807) is 13.0 Å². The number of anilines is 2. The van der Waals surface area contributed by atoms with Crippen molar-refractivity contribution in [2.45, 2.75) is 26.7 Å². The molecule has 0 bridgehead atoms. The van der Waals surface area contributed by atoms with Crippen LogP contribution in [0.1, 0.15) is 24.6 Å². The van der Waals surface area contributed by atoms with Crippen molar-refractivity contribution in [3.05, 3.63) is 40.7 Å². The normalized spacial score (nSPS) is 10.4. The average molecular weight is 308 g/mol. The Hall–Kier alpha value is -1.95. The van der Waals surface area contributed by atoms with Gasteiger partial charge in [0.15, 0.2) is 5.13 Å². The van der Waals surface area contributed by atoms with E-state index in [0.717, 1.165) is 11.3 Å². The van der Waals surface area contributed by atoms with Crippen LogP contribution in [0, 0.1) is 12.7 Å². The summed E-state index contributed by atoms with van der Waals surface area (Å²) in [6.07, 6.45) is 0.856. The summed E-state index contributed by atoms with van der Waals surface area (Å²) in [5.74, 6) is -0.511. The number of benzene rings is 1. The van der Waals surface area contributed by atoms with Gasteiger partial charge in [-0.25, -0.2) is 9.37 Å². The summed E-state index contributed by atoms with van der Waals surface area (Å²) in [4.78, 5) is 15.7. The molecule has 1 aromatic carbocycles. The van der Waals surface area contributed by atoms with Crippen molar-refractivity contribution in [3.63, 3.8) is 0 Å². The van der Waals surface area contributed by atoms with Crippen molar-refractivity contribution in [1.82, 2.24) is 4.98 Å².